The fourth-order valence-corrected chi connectivity index (χ4v) is 5.17. The number of imide groups is 2. The molecule has 7 rings (SSSR count). The van der Waals surface area contributed by atoms with Gasteiger partial charge in [-0.15, -0.1) is 0 Å². The third kappa shape index (κ3) is 4.47. The van der Waals surface area contributed by atoms with Crippen LogP contribution in [0.2, 0.25) is 0 Å². The molecule has 0 unspecified atom stereocenters. The molecule has 0 atom stereocenters. The summed E-state index contributed by atoms with van der Waals surface area (Å²) in [5, 5.41) is 19.6. The molecule has 0 aliphatic carbocycles. The number of hydrogen-bond donors (Lipinski definition) is 2. The maximum absolute atomic E-state index is 13.1. The number of fused-ring (bicyclic) bond motifs is 2. The molecule has 214 valence electrons. The highest BCUT2D eigenvalue weighted by molar-refractivity contribution is 6.35. The molecule has 44 heavy (non-hydrogen) atoms. The molecular formula is C34H20N2O8. The average molecular weight is 585 g/mol. The van der Waals surface area contributed by atoms with Crippen molar-refractivity contribution in [1.82, 2.24) is 0 Å². The van der Waals surface area contributed by atoms with Crippen molar-refractivity contribution >= 4 is 35.0 Å². The second-order valence-corrected chi connectivity index (χ2v) is 10.0. The Morgan fingerprint density at radius 1 is 0.409 bits per heavy atom. The van der Waals surface area contributed by atoms with E-state index in [1.165, 1.54) is 48.5 Å². The Hall–Kier alpha value is -6.42. The Bertz CT molecular complexity index is 1910. The summed E-state index contributed by atoms with van der Waals surface area (Å²) < 4.78 is 12.0. The number of anilines is 2. The van der Waals surface area contributed by atoms with Crippen LogP contribution >= 0.6 is 0 Å². The number of amides is 4. The van der Waals surface area contributed by atoms with Crippen LogP contribution in [-0.2, 0) is 0 Å². The van der Waals surface area contributed by atoms with Crippen LogP contribution in [0.15, 0.2) is 109 Å². The van der Waals surface area contributed by atoms with Crippen molar-refractivity contribution in [3.8, 4) is 34.5 Å². The highest BCUT2D eigenvalue weighted by Gasteiger charge is 2.38. The number of hydrogen-bond acceptors (Lipinski definition) is 8. The van der Waals surface area contributed by atoms with Crippen LogP contribution in [-0.4, -0.2) is 33.8 Å². The standard InChI is InChI=1S/C34H20N2O8/c37-21-6-1-4-19(14-21)35-31(39)27-12-10-25(17-29(27)33(35)41)43-23-8-3-9-24(16-23)44-26-11-13-28-30(18-26)34(42)36(32(28)40)20-5-2-7-22(38)15-20/h1-18,37-38H. The van der Waals surface area contributed by atoms with Crippen LogP contribution in [0.3, 0.4) is 0 Å². The number of nitrogens with zero attached hydrogens (tertiary/aromatic N) is 2. The summed E-state index contributed by atoms with van der Waals surface area (Å²) in [4.78, 5) is 54.1. The van der Waals surface area contributed by atoms with E-state index in [0.717, 1.165) is 9.80 Å². The predicted molar refractivity (Wildman–Crippen MR) is 158 cm³/mol. The molecule has 5 aromatic carbocycles. The number of phenolic OH excluding ortho intramolecular Hbond substituents is 2. The van der Waals surface area contributed by atoms with Crippen LogP contribution in [0.5, 0.6) is 34.5 Å². The van der Waals surface area contributed by atoms with Crippen LogP contribution < -0.4 is 19.3 Å². The van der Waals surface area contributed by atoms with Gasteiger partial charge in [0.05, 0.1) is 33.6 Å². The fraction of sp³-hybridized carbons (Fsp3) is 0. The Morgan fingerprint density at radius 2 is 0.795 bits per heavy atom. The van der Waals surface area contributed by atoms with Crippen molar-refractivity contribution in [3.05, 3.63) is 131 Å². The average Bonchev–Trinajstić information content (AvgIpc) is 3.40. The second kappa shape index (κ2) is 10.1. The quantitative estimate of drug-likeness (QED) is 0.223. The van der Waals surface area contributed by atoms with E-state index in [1.54, 1.807) is 60.7 Å². The summed E-state index contributed by atoms with van der Waals surface area (Å²) >= 11 is 0. The molecule has 4 amide bonds. The molecule has 0 bridgehead atoms. The molecule has 0 aromatic heterocycles. The van der Waals surface area contributed by atoms with Gasteiger partial charge in [0.25, 0.3) is 23.6 Å². The predicted octanol–water partition coefficient (Wildman–Crippen LogP) is 6.28. The van der Waals surface area contributed by atoms with Crippen LogP contribution in [0.4, 0.5) is 11.4 Å². The molecule has 0 fully saturated rings. The van der Waals surface area contributed by atoms with Crippen molar-refractivity contribution in [3.63, 3.8) is 0 Å². The summed E-state index contributed by atoms with van der Waals surface area (Å²) in [6.45, 7) is 0. The Labute approximate surface area is 249 Å². The molecular weight excluding hydrogens is 564 g/mol. The SMILES string of the molecule is O=C1c2ccc(Oc3cccc(Oc4ccc5c(c4)C(=O)N(c4cccc(O)c4)C5=O)c3)cc2C(=O)N1c1cccc(O)c1. The largest absolute Gasteiger partial charge is 0.508 e. The Balaban J connectivity index is 1.09. The minimum Gasteiger partial charge on any atom is -0.508 e. The van der Waals surface area contributed by atoms with Gasteiger partial charge in [-0.25, -0.2) is 9.80 Å². The minimum absolute atomic E-state index is 0.0690. The Morgan fingerprint density at radius 3 is 1.23 bits per heavy atom. The molecule has 2 aliphatic heterocycles. The molecule has 0 saturated heterocycles. The van der Waals surface area contributed by atoms with Gasteiger partial charge < -0.3 is 19.7 Å². The molecule has 0 spiro atoms. The fourth-order valence-electron chi connectivity index (χ4n) is 5.17. The second-order valence-electron chi connectivity index (χ2n) is 10.0. The molecule has 0 saturated carbocycles. The molecule has 2 heterocycles. The zero-order chi connectivity index (χ0) is 30.5. The molecule has 0 radical (unpaired) electrons. The topological polar surface area (TPSA) is 134 Å². The number of carbonyl (C=O) groups excluding carboxylic acids is 4. The first-order valence-electron chi connectivity index (χ1n) is 13.4. The van der Waals surface area contributed by atoms with Gasteiger partial charge in [0, 0.05) is 18.2 Å². The van der Waals surface area contributed by atoms with Gasteiger partial charge in [0.1, 0.15) is 34.5 Å². The number of benzene rings is 5. The number of phenols is 2. The first-order chi connectivity index (χ1) is 21.3. The van der Waals surface area contributed by atoms with Gasteiger partial charge >= 0.3 is 0 Å². The summed E-state index contributed by atoms with van der Waals surface area (Å²) in [5.74, 6) is -0.828. The molecule has 5 aromatic rings. The van der Waals surface area contributed by atoms with Crippen LogP contribution in [0.1, 0.15) is 41.4 Å². The third-order valence-electron chi connectivity index (χ3n) is 7.17. The van der Waals surface area contributed by atoms with Crippen molar-refractivity contribution in [2.75, 3.05) is 9.80 Å². The first kappa shape index (κ1) is 26.5. The molecule has 10 nitrogen and oxygen atoms in total. The molecule has 2 aliphatic rings. The van der Waals surface area contributed by atoms with E-state index < -0.39 is 23.6 Å². The van der Waals surface area contributed by atoms with Crippen molar-refractivity contribution in [1.29, 1.82) is 0 Å². The maximum atomic E-state index is 13.1. The van der Waals surface area contributed by atoms with Crippen molar-refractivity contribution in [2.24, 2.45) is 0 Å². The van der Waals surface area contributed by atoms with Gasteiger partial charge in [-0.1, -0.05) is 18.2 Å². The van der Waals surface area contributed by atoms with Crippen molar-refractivity contribution in [2.45, 2.75) is 0 Å². The summed E-state index contributed by atoms with van der Waals surface area (Å²) in [6.07, 6.45) is 0. The number of carbonyl (C=O) groups is 4. The van der Waals surface area contributed by atoms with Gasteiger partial charge in [-0.2, -0.15) is 0 Å². The number of rotatable bonds is 6. The van der Waals surface area contributed by atoms with Gasteiger partial charge in [0.2, 0.25) is 0 Å². The maximum Gasteiger partial charge on any atom is 0.266 e. The highest BCUT2D eigenvalue weighted by atomic mass is 16.5. The van der Waals surface area contributed by atoms with E-state index in [-0.39, 0.29) is 45.1 Å². The zero-order valence-electron chi connectivity index (χ0n) is 22.6. The van der Waals surface area contributed by atoms with E-state index in [4.69, 9.17) is 9.47 Å². The lowest BCUT2D eigenvalue weighted by molar-refractivity contribution is 0.0910. The van der Waals surface area contributed by atoms with Gasteiger partial charge in [-0.05, 0) is 72.8 Å². The third-order valence-corrected chi connectivity index (χ3v) is 7.17. The van der Waals surface area contributed by atoms with E-state index >= 15 is 0 Å². The van der Waals surface area contributed by atoms with Crippen LogP contribution in [0.25, 0.3) is 0 Å². The normalized spacial score (nSPS) is 13.7. The number of ether oxygens (including phenoxy) is 2. The number of aromatic hydroxyl groups is 2. The molecule has 10 heteroatoms. The smallest absolute Gasteiger partial charge is 0.266 e. The van der Waals surface area contributed by atoms with E-state index in [1.807, 2.05) is 0 Å². The lowest BCUT2D eigenvalue weighted by atomic mass is 10.1. The monoisotopic (exact) mass is 584 g/mol. The highest BCUT2D eigenvalue weighted by Crippen LogP contribution is 2.36. The lowest BCUT2D eigenvalue weighted by Gasteiger charge is -2.13. The first-order valence-corrected chi connectivity index (χ1v) is 13.4. The molecule has 2 N–H and O–H groups in total. The summed E-state index contributed by atoms with van der Waals surface area (Å²) in [6, 6.07) is 27.6. The summed E-state index contributed by atoms with van der Waals surface area (Å²) in [5.41, 5.74) is 1.28. The van der Waals surface area contributed by atoms with Crippen molar-refractivity contribution < 1.29 is 38.9 Å². The van der Waals surface area contributed by atoms with E-state index in [2.05, 4.69) is 0 Å². The van der Waals surface area contributed by atoms with E-state index in [0.29, 0.717) is 23.0 Å². The minimum atomic E-state index is -0.537. The lowest BCUT2D eigenvalue weighted by Crippen LogP contribution is -2.29. The van der Waals surface area contributed by atoms with Gasteiger partial charge in [-0.3, -0.25) is 19.2 Å². The van der Waals surface area contributed by atoms with Gasteiger partial charge in [0.15, 0.2) is 0 Å². The Kier molecular flexibility index (Phi) is 6.10. The zero-order valence-corrected chi connectivity index (χ0v) is 22.6. The van der Waals surface area contributed by atoms with E-state index in [9.17, 15) is 29.4 Å². The summed E-state index contributed by atoms with van der Waals surface area (Å²) in [7, 11) is 0. The van der Waals surface area contributed by atoms with Crippen LogP contribution in [0, 0.1) is 0 Å².